The molecule has 0 atom stereocenters. The van der Waals surface area contributed by atoms with Gasteiger partial charge in [-0.25, -0.2) is 13.1 Å². The highest BCUT2D eigenvalue weighted by atomic mass is 79.9. The van der Waals surface area contributed by atoms with Crippen LogP contribution in [0.4, 0.5) is 5.69 Å². The van der Waals surface area contributed by atoms with Crippen molar-refractivity contribution in [3.8, 4) is 5.75 Å². The van der Waals surface area contributed by atoms with E-state index in [9.17, 15) is 18.0 Å². The first-order chi connectivity index (χ1) is 15.3. The van der Waals surface area contributed by atoms with Crippen LogP contribution in [0.15, 0.2) is 51.8 Å². The van der Waals surface area contributed by atoms with Crippen molar-refractivity contribution < 1.29 is 22.7 Å². The Hall–Kier alpha value is -2.43. The van der Waals surface area contributed by atoms with Crippen molar-refractivity contribution in [3.05, 3.63) is 52.5 Å². The lowest BCUT2D eigenvalue weighted by atomic mass is 10.1. The van der Waals surface area contributed by atoms with Crippen molar-refractivity contribution in [2.45, 2.75) is 30.6 Å². The molecule has 1 saturated carbocycles. The number of ether oxygens (including phenoxy) is 1. The number of rotatable bonds is 9. The van der Waals surface area contributed by atoms with Crippen molar-refractivity contribution >= 4 is 43.5 Å². The van der Waals surface area contributed by atoms with Crippen LogP contribution in [0.3, 0.4) is 0 Å². The molecule has 0 bridgehead atoms. The lowest BCUT2D eigenvalue weighted by molar-refractivity contribution is -0.119. The van der Waals surface area contributed by atoms with Crippen LogP contribution >= 0.6 is 15.9 Å². The molecule has 0 radical (unpaired) electrons. The zero-order valence-electron chi connectivity index (χ0n) is 17.7. The topological polar surface area (TPSA) is 114 Å². The fraction of sp³-hybridized carbons (Fsp3) is 0.364. The second kappa shape index (κ2) is 10.9. The highest BCUT2D eigenvalue weighted by Crippen LogP contribution is 2.27. The van der Waals surface area contributed by atoms with Gasteiger partial charge in [0.15, 0.2) is 0 Å². The van der Waals surface area contributed by atoms with E-state index < -0.39 is 10.0 Å². The molecule has 2 aromatic carbocycles. The molecule has 2 amide bonds. The molecule has 0 saturated heterocycles. The maximum atomic E-state index is 12.5. The van der Waals surface area contributed by atoms with E-state index in [0.717, 1.165) is 25.7 Å². The predicted molar refractivity (Wildman–Crippen MR) is 125 cm³/mol. The Morgan fingerprint density at radius 2 is 1.75 bits per heavy atom. The molecule has 32 heavy (non-hydrogen) atoms. The zero-order chi connectivity index (χ0) is 23.1. The largest absolute Gasteiger partial charge is 0.495 e. The van der Waals surface area contributed by atoms with Gasteiger partial charge < -0.3 is 15.4 Å². The second-order valence-electron chi connectivity index (χ2n) is 7.50. The van der Waals surface area contributed by atoms with E-state index in [1.165, 1.54) is 13.2 Å². The van der Waals surface area contributed by atoms with Gasteiger partial charge in [0.05, 0.1) is 7.11 Å². The van der Waals surface area contributed by atoms with Gasteiger partial charge in [-0.1, -0.05) is 28.8 Å². The molecule has 0 aliphatic heterocycles. The number of benzene rings is 2. The Labute approximate surface area is 196 Å². The monoisotopic (exact) mass is 523 g/mol. The molecule has 8 nitrogen and oxygen atoms in total. The quantitative estimate of drug-likeness (QED) is 0.436. The molecule has 3 N–H and O–H groups in total. The molecule has 3 rings (SSSR count). The van der Waals surface area contributed by atoms with Crippen LogP contribution in [0.2, 0.25) is 0 Å². The van der Waals surface area contributed by atoms with Gasteiger partial charge in [0, 0.05) is 34.7 Å². The Kier molecular flexibility index (Phi) is 8.27. The van der Waals surface area contributed by atoms with Crippen molar-refractivity contribution in [3.63, 3.8) is 0 Å². The number of amides is 2. The maximum absolute atomic E-state index is 12.5. The number of carbonyl (C=O) groups excluding carboxylic acids is 2. The van der Waals surface area contributed by atoms with Crippen LogP contribution in [-0.2, 0) is 14.8 Å². The molecule has 172 valence electrons. The summed E-state index contributed by atoms with van der Waals surface area (Å²) in [6.07, 6.45) is 4.02. The number of sulfonamides is 1. The van der Waals surface area contributed by atoms with Gasteiger partial charge in [-0.3, -0.25) is 9.59 Å². The lowest BCUT2D eigenvalue weighted by Crippen LogP contribution is -2.34. The Morgan fingerprint density at radius 1 is 1.06 bits per heavy atom. The molecule has 0 unspecified atom stereocenters. The molecule has 1 aliphatic rings. The molecule has 0 aromatic heterocycles. The summed E-state index contributed by atoms with van der Waals surface area (Å²) in [5, 5.41) is 5.56. The van der Waals surface area contributed by atoms with Gasteiger partial charge in [-0.2, -0.15) is 0 Å². The van der Waals surface area contributed by atoms with E-state index in [1.54, 1.807) is 36.4 Å². The van der Waals surface area contributed by atoms with Crippen LogP contribution in [0.5, 0.6) is 5.75 Å². The predicted octanol–water partition coefficient (Wildman–Crippen LogP) is 3.29. The van der Waals surface area contributed by atoms with Gasteiger partial charge in [0.1, 0.15) is 10.6 Å². The van der Waals surface area contributed by atoms with Crippen molar-refractivity contribution in [1.29, 1.82) is 0 Å². The van der Waals surface area contributed by atoms with Gasteiger partial charge in [0.2, 0.25) is 15.9 Å². The first-order valence-electron chi connectivity index (χ1n) is 10.3. The summed E-state index contributed by atoms with van der Waals surface area (Å²) in [6, 6.07) is 11.3. The molecule has 0 heterocycles. The summed E-state index contributed by atoms with van der Waals surface area (Å²) in [6.45, 7) is 0.119. The molecule has 2 aromatic rings. The highest BCUT2D eigenvalue weighted by molar-refractivity contribution is 9.10. The number of hydrogen-bond donors (Lipinski definition) is 3. The van der Waals surface area contributed by atoms with E-state index in [0.29, 0.717) is 15.7 Å². The van der Waals surface area contributed by atoms with Gasteiger partial charge in [-0.15, -0.1) is 0 Å². The number of halogens is 1. The normalized spacial score (nSPS) is 14.2. The summed E-state index contributed by atoms with van der Waals surface area (Å²) < 4.78 is 33.3. The first kappa shape index (κ1) is 24.2. The molecule has 1 aliphatic carbocycles. The third kappa shape index (κ3) is 6.30. The van der Waals surface area contributed by atoms with E-state index in [1.807, 2.05) is 0 Å². The van der Waals surface area contributed by atoms with Gasteiger partial charge >= 0.3 is 0 Å². The number of anilines is 1. The number of nitrogens with one attached hydrogen (secondary N) is 3. The second-order valence-corrected chi connectivity index (χ2v) is 10.1. The SMILES string of the molecule is COc1ccc(Br)cc1S(=O)(=O)NCCNC(=O)c1ccc(NC(=O)C2CCCC2)cc1. The average molecular weight is 524 g/mol. The number of hydrogen-bond acceptors (Lipinski definition) is 5. The fourth-order valence-corrected chi connectivity index (χ4v) is 5.28. The molecule has 0 spiro atoms. The molecule has 10 heteroatoms. The third-order valence-electron chi connectivity index (χ3n) is 5.26. The smallest absolute Gasteiger partial charge is 0.251 e. The van der Waals surface area contributed by atoms with Crippen LogP contribution in [0, 0.1) is 5.92 Å². The minimum Gasteiger partial charge on any atom is -0.495 e. The van der Waals surface area contributed by atoms with E-state index in [-0.39, 0.29) is 41.5 Å². The zero-order valence-corrected chi connectivity index (χ0v) is 20.1. The van der Waals surface area contributed by atoms with Crippen molar-refractivity contribution in [2.24, 2.45) is 5.92 Å². The van der Waals surface area contributed by atoms with Crippen molar-refractivity contribution in [2.75, 3.05) is 25.5 Å². The molecular formula is C22H26BrN3O5S. The summed E-state index contributed by atoms with van der Waals surface area (Å²) >= 11 is 3.25. The van der Waals surface area contributed by atoms with Crippen LogP contribution in [0.1, 0.15) is 36.0 Å². The van der Waals surface area contributed by atoms with Gasteiger partial charge in [-0.05, 0) is 55.3 Å². The summed E-state index contributed by atoms with van der Waals surface area (Å²) in [5.74, 6) is -0.0180. The Morgan fingerprint density at radius 3 is 2.41 bits per heavy atom. The fourth-order valence-electron chi connectivity index (χ4n) is 3.54. The minimum absolute atomic E-state index is 0.0101. The first-order valence-corrected chi connectivity index (χ1v) is 12.6. The summed E-state index contributed by atoms with van der Waals surface area (Å²) in [7, 11) is -2.41. The summed E-state index contributed by atoms with van der Waals surface area (Å²) in [4.78, 5) is 24.5. The van der Waals surface area contributed by atoms with Crippen LogP contribution < -0.4 is 20.1 Å². The Balaban J connectivity index is 1.48. The van der Waals surface area contributed by atoms with Crippen LogP contribution in [-0.4, -0.2) is 40.4 Å². The molecular weight excluding hydrogens is 498 g/mol. The van der Waals surface area contributed by atoms with Crippen molar-refractivity contribution in [1.82, 2.24) is 10.0 Å². The third-order valence-corrected chi connectivity index (χ3v) is 7.23. The highest BCUT2D eigenvalue weighted by Gasteiger charge is 2.23. The average Bonchev–Trinajstić information content (AvgIpc) is 3.32. The standard InChI is InChI=1S/C22H26BrN3O5S/c1-31-19-11-8-17(23)14-20(19)32(29,30)25-13-12-24-21(27)16-6-9-18(10-7-16)26-22(28)15-4-2-3-5-15/h6-11,14-15,25H,2-5,12-13H2,1H3,(H,24,27)(H,26,28). The maximum Gasteiger partial charge on any atom is 0.251 e. The molecule has 1 fully saturated rings. The lowest BCUT2D eigenvalue weighted by Gasteiger charge is -2.12. The van der Waals surface area contributed by atoms with E-state index in [4.69, 9.17) is 4.74 Å². The summed E-state index contributed by atoms with van der Waals surface area (Å²) in [5.41, 5.74) is 1.06. The minimum atomic E-state index is -3.81. The van der Waals surface area contributed by atoms with E-state index >= 15 is 0 Å². The number of methoxy groups -OCH3 is 1. The number of carbonyl (C=O) groups is 2. The Bertz CT molecular complexity index is 1070. The van der Waals surface area contributed by atoms with Crippen LogP contribution in [0.25, 0.3) is 0 Å². The van der Waals surface area contributed by atoms with E-state index in [2.05, 4.69) is 31.3 Å². The van der Waals surface area contributed by atoms with Gasteiger partial charge in [0.25, 0.3) is 5.91 Å².